The van der Waals surface area contributed by atoms with Gasteiger partial charge in [0.05, 0.1) is 0 Å². The fraction of sp³-hybridized carbons (Fsp3) is 0.500. The quantitative estimate of drug-likeness (QED) is 0.409. The topological polar surface area (TPSA) is 0 Å². The van der Waals surface area contributed by atoms with Crippen molar-refractivity contribution in [3.63, 3.8) is 0 Å². The van der Waals surface area contributed by atoms with Crippen molar-refractivity contribution in [1.82, 2.24) is 0 Å². The summed E-state index contributed by atoms with van der Waals surface area (Å²) in [6, 6.07) is 18.4. The number of hydrogen-bond acceptors (Lipinski definition) is 0. The van der Waals surface area contributed by atoms with E-state index in [1.165, 1.54) is 47.4 Å². The summed E-state index contributed by atoms with van der Waals surface area (Å²) in [6.07, 6.45) is 7.71. The van der Waals surface area contributed by atoms with E-state index in [9.17, 15) is 0 Å². The molecule has 4 rings (SSSR count). The van der Waals surface area contributed by atoms with Crippen molar-refractivity contribution in [2.75, 3.05) is 0 Å². The zero-order chi connectivity index (χ0) is 19.7. The summed E-state index contributed by atoms with van der Waals surface area (Å²) in [5.41, 5.74) is 4.39. The molecule has 0 atom stereocenters. The molecule has 1 aliphatic heterocycles. The molecule has 0 aromatic heterocycles. The molecule has 162 valence electrons. The van der Waals surface area contributed by atoms with Crippen molar-refractivity contribution in [3.05, 3.63) is 59.2 Å². The Kier molecular flexibility index (Phi) is 12.3. The van der Waals surface area contributed by atoms with Gasteiger partial charge in [-0.1, -0.05) is 83.5 Å². The van der Waals surface area contributed by atoms with Crippen LogP contribution in [0.2, 0.25) is 18.1 Å². The Bertz CT molecular complexity index is 872. The van der Waals surface area contributed by atoms with E-state index in [1.54, 1.807) is 22.7 Å². The van der Waals surface area contributed by atoms with Crippen LogP contribution in [0.1, 0.15) is 60.8 Å². The zero-order valence-corrected chi connectivity index (χ0v) is 24.4. The third-order valence-electron chi connectivity index (χ3n) is 7.13. The van der Waals surface area contributed by atoms with Gasteiger partial charge in [-0.3, -0.25) is 6.08 Å². The first-order chi connectivity index (χ1) is 12.8. The molecular formula is C26H36Cl2SiZr. The molecule has 0 radical (unpaired) electrons. The Hall–Kier alpha value is -0.01000. The molecule has 1 fully saturated rings. The first-order valence-corrected chi connectivity index (χ1v) is 13.4. The van der Waals surface area contributed by atoms with Gasteiger partial charge in [-0.2, -0.15) is 23.3 Å². The molecule has 0 bridgehead atoms. The Morgan fingerprint density at radius 2 is 1.67 bits per heavy atom. The molecule has 0 amide bonds. The number of allylic oxidation sites excluding steroid dienone is 4. The van der Waals surface area contributed by atoms with Crippen molar-refractivity contribution in [2.24, 2.45) is 5.41 Å². The molecule has 1 heterocycles. The third-order valence-corrected chi connectivity index (χ3v) is 12.6. The van der Waals surface area contributed by atoms with E-state index in [1.807, 2.05) is 0 Å². The van der Waals surface area contributed by atoms with Gasteiger partial charge >= 0.3 is 26.2 Å². The van der Waals surface area contributed by atoms with Crippen LogP contribution in [0.4, 0.5) is 0 Å². The minimum atomic E-state index is -1.05. The van der Waals surface area contributed by atoms with Gasteiger partial charge in [0.1, 0.15) is 0 Å². The van der Waals surface area contributed by atoms with Crippen LogP contribution in [-0.2, 0) is 26.2 Å². The van der Waals surface area contributed by atoms with Gasteiger partial charge in [0, 0.05) is 8.07 Å². The van der Waals surface area contributed by atoms with E-state index in [0.717, 1.165) is 0 Å². The summed E-state index contributed by atoms with van der Waals surface area (Å²) in [7, 11) is -1.05. The fourth-order valence-corrected chi connectivity index (χ4v) is 9.57. The van der Waals surface area contributed by atoms with Gasteiger partial charge in [-0.05, 0) is 0 Å². The normalized spacial score (nSPS) is 18.1. The molecule has 1 saturated heterocycles. The standard InChI is InChI=1S/C16H21Si.C10H15.2ClH.Zr/c1-2-3-11-17(12-6-13-17)16-10-9-14-7-4-5-8-15(14)16;1-7-6-10(4,5)9(3)8(7)2;;;/h4-5,7-10H,2-3,6,11-13H2,1H3;1-5H3;2*1H;/q2*-1;;;+4/p-2. The first kappa shape index (κ1) is 30.0. The van der Waals surface area contributed by atoms with Gasteiger partial charge in [-0.15, -0.1) is 41.1 Å². The largest absolute Gasteiger partial charge is 4.00 e. The number of unbranched alkanes of at least 4 members (excludes halogenated alkanes) is 1. The summed E-state index contributed by atoms with van der Waals surface area (Å²) in [4.78, 5) is 0. The average molecular weight is 539 g/mol. The van der Waals surface area contributed by atoms with Gasteiger partial charge < -0.3 is 24.8 Å². The molecule has 0 N–H and O–H groups in total. The maximum Gasteiger partial charge on any atom is 4.00 e. The molecule has 2 aliphatic rings. The molecule has 0 unspecified atom stereocenters. The monoisotopic (exact) mass is 536 g/mol. The van der Waals surface area contributed by atoms with Crippen molar-refractivity contribution in [3.8, 4) is 0 Å². The van der Waals surface area contributed by atoms with E-state index in [4.69, 9.17) is 0 Å². The summed E-state index contributed by atoms with van der Waals surface area (Å²) in [5.74, 6) is 0. The summed E-state index contributed by atoms with van der Waals surface area (Å²) >= 11 is 0. The number of fused-ring (bicyclic) bond motifs is 1. The average Bonchev–Trinajstić information content (AvgIpc) is 3.11. The Balaban J connectivity index is 0.000000569. The molecule has 2 aromatic carbocycles. The maximum absolute atomic E-state index is 3.44. The molecular weight excluding hydrogens is 503 g/mol. The SMILES string of the molecule is CC1=[C-]C(C)(C)C(C)=C1C.CCCC[Si]1([c-]2ccc3ccccc32)CCC1.[Cl-].[Cl-].[Zr+4]. The molecule has 4 heteroatoms. The van der Waals surface area contributed by atoms with Gasteiger partial charge in [0.25, 0.3) is 0 Å². The van der Waals surface area contributed by atoms with Crippen molar-refractivity contribution >= 4 is 24.0 Å². The van der Waals surface area contributed by atoms with Gasteiger partial charge in [0.15, 0.2) is 0 Å². The van der Waals surface area contributed by atoms with E-state index < -0.39 is 8.07 Å². The summed E-state index contributed by atoms with van der Waals surface area (Å²) in [6.45, 7) is 13.2. The van der Waals surface area contributed by atoms with Crippen LogP contribution < -0.4 is 30.0 Å². The van der Waals surface area contributed by atoms with Crippen molar-refractivity contribution < 1.29 is 51.0 Å². The van der Waals surface area contributed by atoms with Gasteiger partial charge in [0.2, 0.25) is 0 Å². The van der Waals surface area contributed by atoms with Crippen LogP contribution in [0.5, 0.6) is 0 Å². The number of benzene rings is 1. The molecule has 1 aliphatic carbocycles. The van der Waals surface area contributed by atoms with Crippen LogP contribution >= 0.6 is 0 Å². The van der Waals surface area contributed by atoms with Crippen LogP contribution in [0, 0.1) is 11.5 Å². The molecule has 30 heavy (non-hydrogen) atoms. The van der Waals surface area contributed by atoms with E-state index >= 15 is 0 Å². The minimum absolute atomic E-state index is 0. The van der Waals surface area contributed by atoms with Gasteiger partial charge in [-0.25, -0.2) is 5.57 Å². The second-order valence-electron chi connectivity index (χ2n) is 9.20. The maximum atomic E-state index is 3.44. The van der Waals surface area contributed by atoms with Crippen LogP contribution in [0.25, 0.3) is 10.8 Å². The van der Waals surface area contributed by atoms with Crippen LogP contribution in [-0.4, -0.2) is 8.07 Å². The van der Waals surface area contributed by atoms with E-state index in [-0.39, 0.29) is 56.4 Å². The molecule has 0 spiro atoms. The zero-order valence-electron chi connectivity index (χ0n) is 19.5. The second-order valence-corrected chi connectivity index (χ2v) is 13.8. The Morgan fingerprint density at radius 3 is 2.10 bits per heavy atom. The second kappa shape index (κ2) is 12.3. The summed E-state index contributed by atoms with van der Waals surface area (Å²) in [5, 5.41) is 4.79. The fourth-order valence-electron chi connectivity index (χ4n) is 4.79. The first-order valence-electron chi connectivity index (χ1n) is 10.8. The molecule has 2 aromatic rings. The van der Waals surface area contributed by atoms with Crippen LogP contribution in [0.15, 0.2) is 53.1 Å². The Morgan fingerprint density at radius 1 is 1.03 bits per heavy atom. The van der Waals surface area contributed by atoms with E-state index in [2.05, 4.69) is 84.0 Å². The van der Waals surface area contributed by atoms with E-state index in [0.29, 0.717) is 0 Å². The smallest absolute Gasteiger partial charge is 1.00 e. The van der Waals surface area contributed by atoms with Crippen molar-refractivity contribution in [2.45, 2.75) is 78.9 Å². The molecule has 0 nitrogen and oxygen atoms in total. The third kappa shape index (κ3) is 6.06. The predicted molar refractivity (Wildman–Crippen MR) is 123 cm³/mol. The number of rotatable bonds is 4. The minimum Gasteiger partial charge on any atom is -1.00 e. The number of halogens is 2. The van der Waals surface area contributed by atoms with Crippen molar-refractivity contribution in [1.29, 1.82) is 0 Å². The van der Waals surface area contributed by atoms with Crippen LogP contribution in [0.3, 0.4) is 0 Å². The predicted octanol–water partition coefficient (Wildman–Crippen LogP) is 1.54. The molecule has 0 saturated carbocycles. The Labute approximate surface area is 217 Å². The number of hydrogen-bond donors (Lipinski definition) is 0. The summed E-state index contributed by atoms with van der Waals surface area (Å²) < 4.78 is 0.